The minimum absolute atomic E-state index is 0.0834. The van der Waals surface area contributed by atoms with E-state index in [1.165, 1.54) is 10.8 Å². The van der Waals surface area contributed by atoms with Crippen molar-refractivity contribution in [3.05, 3.63) is 53.4 Å². The second-order valence-electron chi connectivity index (χ2n) is 14.9. The van der Waals surface area contributed by atoms with Crippen LogP contribution in [0.2, 0.25) is 25.7 Å². The number of fused-ring (bicyclic) bond motifs is 1. The molecule has 260 valence electrons. The summed E-state index contributed by atoms with van der Waals surface area (Å²) in [7, 11) is -1.42. The summed E-state index contributed by atoms with van der Waals surface area (Å²) < 4.78 is 90.5. The Labute approximate surface area is 280 Å². The van der Waals surface area contributed by atoms with Gasteiger partial charge in [-0.1, -0.05) is 45.7 Å². The van der Waals surface area contributed by atoms with Gasteiger partial charge in [0.25, 0.3) is 0 Å². The zero-order valence-corrected chi connectivity index (χ0v) is 30.2. The molecule has 2 aromatic heterocycles. The lowest BCUT2D eigenvalue weighted by atomic mass is 9.83. The van der Waals surface area contributed by atoms with Crippen LogP contribution >= 0.6 is 12.2 Å². The van der Waals surface area contributed by atoms with Crippen LogP contribution in [0.15, 0.2) is 30.6 Å². The molecule has 0 radical (unpaired) electrons. The molecule has 1 aromatic carbocycles. The molecule has 0 unspecified atom stereocenters. The molecule has 3 aromatic rings. The highest BCUT2D eigenvalue weighted by Gasteiger charge is 2.37. The highest BCUT2D eigenvalue weighted by Crippen LogP contribution is 2.42. The van der Waals surface area contributed by atoms with Gasteiger partial charge in [0.05, 0.1) is 17.4 Å². The van der Waals surface area contributed by atoms with Crippen LogP contribution in [0, 0.1) is 17.0 Å². The summed E-state index contributed by atoms with van der Waals surface area (Å²) in [6.45, 7) is 16.1. The summed E-state index contributed by atoms with van der Waals surface area (Å²) in [5, 5.41) is -0.424. The molecule has 0 bridgehead atoms. The van der Waals surface area contributed by atoms with E-state index in [0.717, 1.165) is 30.4 Å². The van der Waals surface area contributed by atoms with Crippen molar-refractivity contribution in [1.82, 2.24) is 9.55 Å². The Kier molecular flexibility index (Phi) is 12.4. The van der Waals surface area contributed by atoms with E-state index in [9.17, 15) is 18.0 Å². The minimum Gasteiger partial charge on any atom is -0.460 e. The molecule has 13 heteroatoms. The average molecular weight is 701 g/mol. The van der Waals surface area contributed by atoms with Gasteiger partial charge in [-0.15, -0.1) is 0 Å². The smallest absolute Gasteiger partial charge is 0.418 e. The summed E-state index contributed by atoms with van der Waals surface area (Å²) in [5.41, 5.74) is -1.75. The number of carbonyl (C=O) groups excluding carboxylic acids is 1. The van der Waals surface area contributed by atoms with Crippen molar-refractivity contribution in [2.24, 2.45) is 5.41 Å². The summed E-state index contributed by atoms with van der Waals surface area (Å²) in [6, 6.07) is 4.10. The average Bonchev–Trinajstić information content (AvgIpc) is 3.26. The maximum absolute atomic E-state index is 15.2. The van der Waals surface area contributed by atoms with Crippen molar-refractivity contribution >= 4 is 42.2 Å². The first kappa shape index (κ1) is 38.5. The maximum atomic E-state index is 15.2. The van der Waals surface area contributed by atoms with Gasteiger partial charge in [-0.3, -0.25) is 4.79 Å². The third kappa shape index (κ3) is 11.9. The molecule has 0 saturated carbocycles. The highest BCUT2D eigenvalue weighted by atomic mass is 32.1. The summed E-state index contributed by atoms with van der Waals surface area (Å²) in [4.78, 5) is 16.9. The van der Waals surface area contributed by atoms with Crippen molar-refractivity contribution in [2.75, 3.05) is 6.61 Å². The number of ether oxygens (including phenoxy) is 3. The fourth-order valence-corrected chi connectivity index (χ4v) is 6.05. The monoisotopic (exact) mass is 700 g/mol. The van der Waals surface area contributed by atoms with E-state index in [2.05, 4.69) is 24.6 Å². The first-order valence-corrected chi connectivity index (χ1v) is 19.7. The molecule has 0 amide bonds. The fraction of sp³-hybridized carbons (Fsp3) is 0.559. The number of aromatic nitrogens is 2. The van der Waals surface area contributed by atoms with Gasteiger partial charge in [-0.05, 0) is 80.1 Å². The topological polar surface area (TPSA) is 62.6 Å². The number of benzene rings is 1. The van der Waals surface area contributed by atoms with E-state index in [1.807, 2.05) is 34.6 Å². The Morgan fingerprint density at radius 3 is 2.26 bits per heavy atom. The number of carbonyl (C=O) groups is 1. The molecule has 0 aliphatic carbocycles. The first-order valence-electron chi connectivity index (χ1n) is 15.6. The van der Waals surface area contributed by atoms with Gasteiger partial charge in [-0.25, -0.2) is 13.8 Å². The van der Waals surface area contributed by atoms with Crippen LogP contribution in [0.3, 0.4) is 0 Å². The van der Waals surface area contributed by atoms with Crippen molar-refractivity contribution < 1.29 is 41.0 Å². The Hall–Kier alpha value is -2.90. The zero-order chi connectivity index (χ0) is 35.4. The van der Waals surface area contributed by atoms with Gasteiger partial charge < -0.3 is 18.8 Å². The predicted octanol–water partition coefficient (Wildman–Crippen LogP) is 10.3. The largest absolute Gasteiger partial charge is 0.460 e. The van der Waals surface area contributed by atoms with Crippen molar-refractivity contribution in [2.45, 2.75) is 111 Å². The number of alkyl halides is 3. The van der Waals surface area contributed by atoms with Gasteiger partial charge in [-0.2, -0.15) is 13.2 Å². The third-order valence-electron chi connectivity index (χ3n) is 7.27. The quantitative estimate of drug-likeness (QED) is 0.0517. The molecule has 0 N–H and O–H groups in total. The predicted molar refractivity (Wildman–Crippen MR) is 180 cm³/mol. The molecule has 0 aliphatic heterocycles. The van der Waals surface area contributed by atoms with Crippen LogP contribution in [0.5, 0.6) is 11.5 Å². The summed E-state index contributed by atoms with van der Waals surface area (Å²) >= 11 is 5.48. The van der Waals surface area contributed by atoms with Crippen LogP contribution in [0.1, 0.15) is 71.4 Å². The lowest BCUT2D eigenvalue weighted by molar-refractivity contribution is -0.157. The van der Waals surface area contributed by atoms with E-state index >= 15 is 8.78 Å². The van der Waals surface area contributed by atoms with Crippen molar-refractivity contribution in [3.8, 4) is 11.5 Å². The molecule has 0 fully saturated rings. The third-order valence-corrected chi connectivity index (χ3v) is 9.33. The zero-order valence-electron chi connectivity index (χ0n) is 28.4. The van der Waals surface area contributed by atoms with Crippen molar-refractivity contribution in [3.63, 3.8) is 0 Å². The Balaban J connectivity index is 1.72. The fourth-order valence-electron chi connectivity index (χ4n) is 4.98. The van der Waals surface area contributed by atoms with E-state index < -0.39 is 53.9 Å². The second kappa shape index (κ2) is 15.1. The molecule has 47 heavy (non-hydrogen) atoms. The van der Waals surface area contributed by atoms with Gasteiger partial charge in [0, 0.05) is 33.5 Å². The molecule has 2 heterocycles. The van der Waals surface area contributed by atoms with Crippen LogP contribution in [-0.4, -0.2) is 40.7 Å². The SMILES string of the molecule is CC(C)(CCCC(=S)Cc1cc(F)c(Oc2ccnc3c2c(C(F)(F)F)cn3COCC[Si](C)(C)C)c(F)c1)CC(=O)OC(C)(C)C. The second-order valence-corrected chi connectivity index (χ2v) is 21.1. The number of thiocarbonyl (C=S) groups is 1. The molecule has 0 saturated heterocycles. The van der Waals surface area contributed by atoms with Crippen molar-refractivity contribution in [1.29, 1.82) is 0 Å². The minimum atomic E-state index is -4.79. The number of esters is 1. The number of hydrogen-bond donors (Lipinski definition) is 0. The molecule has 0 aliphatic rings. The van der Waals surface area contributed by atoms with Gasteiger partial charge in [0.1, 0.15) is 23.7 Å². The lowest BCUT2D eigenvalue weighted by Gasteiger charge is -2.26. The first-order chi connectivity index (χ1) is 21.5. The molecular formula is C34H45F5N2O4SSi. The van der Waals surface area contributed by atoms with Crippen LogP contribution in [0.25, 0.3) is 11.0 Å². The molecule has 0 spiro atoms. The maximum Gasteiger partial charge on any atom is 0.418 e. The molecule has 3 rings (SSSR count). The lowest BCUT2D eigenvalue weighted by Crippen LogP contribution is -2.27. The summed E-state index contributed by atoms with van der Waals surface area (Å²) in [5.74, 6) is -3.65. The summed E-state index contributed by atoms with van der Waals surface area (Å²) in [6.07, 6.45) is -0.470. The Bertz CT molecular complexity index is 1550. The Morgan fingerprint density at radius 2 is 1.68 bits per heavy atom. The molecule has 0 atom stereocenters. The molecule has 6 nitrogen and oxygen atoms in total. The standard InChI is InChI=1S/C34H45F5N2O4SSi/c1-32(2,3)45-28(42)19-33(4,5)12-9-10-23(46)16-22-17-25(35)30(26(36)18-22)44-27-11-13-40-31-29(27)24(34(37,38)39)20-41(31)21-43-14-15-47(6,7)8/h11,13,17-18,20H,9-10,12,14-16,19,21H2,1-8H3. The van der Waals surface area contributed by atoms with Gasteiger partial charge in [0.15, 0.2) is 17.4 Å². The Morgan fingerprint density at radius 1 is 1.04 bits per heavy atom. The van der Waals surface area contributed by atoms with E-state index in [-0.39, 0.29) is 42.2 Å². The van der Waals surface area contributed by atoms with Crippen LogP contribution in [-0.2, 0) is 33.6 Å². The number of pyridine rings is 1. The molecular weight excluding hydrogens is 656 g/mol. The highest BCUT2D eigenvalue weighted by molar-refractivity contribution is 7.80. The number of rotatable bonds is 15. The van der Waals surface area contributed by atoms with Gasteiger partial charge in [0.2, 0.25) is 0 Å². The van der Waals surface area contributed by atoms with Crippen LogP contribution in [0.4, 0.5) is 22.0 Å². The number of halogens is 5. The number of hydrogen-bond acceptors (Lipinski definition) is 6. The normalized spacial score (nSPS) is 12.9. The van der Waals surface area contributed by atoms with E-state index in [0.29, 0.717) is 30.7 Å². The van der Waals surface area contributed by atoms with Gasteiger partial charge >= 0.3 is 12.1 Å². The van der Waals surface area contributed by atoms with Crippen LogP contribution < -0.4 is 4.74 Å². The van der Waals surface area contributed by atoms with E-state index in [1.54, 1.807) is 0 Å². The van der Waals surface area contributed by atoms with E-state index in [4.69, 9.17) is 26.4 Å². The number of nitrogens with zero attached hydrogens (tertiary/aromatic N) is 2.